The average molecular weight is 196 g/mol. The molecule has 1 aromatic rings. The quantitative estimate of drug-likeness (QED) is 0.596. The first-order chi connectivity index (χ1) is 6.84. The summed E-state index contributed by atoms with van der Waals surface area (Å²) in [5.74, 6) is 1.12. The smallest absolute Gasteiger partial charge is 0.157 e. The van der Waals surface area contributed by atoms with Crippen molar-refractivity contribution in [2.45, 2.75) is 13.0 Å². The summed E-state index contributed by atoms with van der Waals surface area (Å²) in [6, 6.07) is 4.05. The van der Waals surface area contributed by atoms with Gasteiger partial charge in [0, 0.05) is 6.42 Å². The highest BCUT2D eigenvalue weighted by atomic mass is 16.3. The lowest BCUT2D eigenvalue weighted by molar-refractivity contribution is -0.939. The van der Waals surface area contributed by atoms with Crippen molar-refractivity contribution < 1.29 is 14.2 Å². The molecule has 1 aliphatic heterocycles. The van der Waals surface area contributed by atoms with Gasteiger partial charge in [-0.1, -0.05) is 0 Å². The monoisotopic (exact) mass is 196 g/mol. The van der Waals surface area contributed by atoms with Crippen LogP contribution in [0.1, 0.15) is 12.2 Å². The van der Waals surface area contributed by atoms with Gasteiger partial charge in [0.1, 0.15) is 19.6 Å². The molecule has 1 aliphatic rings. The minimum atomic E-state index is 1.06. The standard InChI is InChI=1S/C11H18N2O/c1-12-5-3-6-13(8-7-12)10-11-4-2-9-14-11/h2,4,9H,3,5-8,10H2,1H3/p+2. The number of hydrogen-bond donors (Lipinski definition) is 2. The van der Waals surface area contributed by atoms with E-state index >= 15 is 0 Å². The lowest BCUT2D eigenvalue weighted by Gasteiger charge is -2.14. The Morgan fingerprint density at radius 2 is 2.21 bits per heavy atom. The maximum atomic E-state index is 5.38. The third-order valence-corrected chi connectivity index (χ3v) is 3.04. The van der Waals surface area contributed by atoms with Crippen LogP contribution in [0, 0.1) is 0 Å². The molecule has 2 rings (SSSR count). The van der Waals surface area contributed by atoms with Crippen LogP contribution in [0.5, 0.6) is 0 Å². The van der Waals surface area contributed by atoms with Gasteiger partial charge in [0.25, 0.3) is 0 Å². The van der Waals surface area contributed by atoms with Gasteiger partial charge in [-0.05, 0) is 12.1 Å². The lowest BCUT2D eigenvalue weighted by Crippen LogP contribution is -3.15. The van der Waals surface area contributed by atoms with Gasteiger partial charge >= 0.3 is 0 Å². The molecule has 2 unspecified atom stereocenters. The number of nitrogens with one attached hydrogen (secondary N) is 2. The van der Waals surface area contributed by atoms with Crippen LogP contribution in [0.3, 0.4) is 0 Å². The predicted octanol–water partition coefficient (Wildman–Crippen LogP) is -1.42. The van der Waals surface area contributed by atoms with Gasteiger partial charge in [-0.25, -0.2) is 0 Å². The van der Waals surface area contributed by atoms with E-state index in [9.17, 15) is 0 Å². The second-order valence-electron chi connectivity index (χ2n) is 4.32. The van der Waals surface area contributed by atoms with Crippen LogP contribution >= 0.6 is 0 Å². The minimum absolute atomic E-state index is 1.06. The Morgan fingerprint density at radius 1 is 1.29 bits per heavy atom. The molecule has 78 valence electrons. The van der Waals surface area contributed by atoms with E-state index in [2.05, 4.69) is 13.1 Å². The van der Waals surface area contributed by atoms with Crippen molar-refractivity contribution in [3.63, 3.8) is 0 Å². The molecule has 0 bridgehead atoms. The molecule has 2 atom stereocenters. The minimum Gasteiger partial charge on any atom is -0.463 e. The van der Waals surface area contributed by atoms with Gasteiger partial charge in [0.05, 0.1) is 26.4 Å². The van der Waals surface area contributed by atoms with E-state index in [0.29, 0.717) is 0 Å². The van der Waals surface area contributed by atoms with Gasteiger partial charge in [-0.15, -0.1) is 0 Å². The maximum absolute atomic E-state index is 5.38. The summed E-state index contributed by atoms with van der Waals surface area (Å²) in [6.07, 6.45) is 3.10. The summed E-state index contributed by atoms with van der Waals surface area (Å²) in [7, 11) is 2.29. The Kier molecular flexibility index (Phi) is 3.22. The van der Waals surface area contributed by atoms with Crippen LogP contribution in [-0.2, 0) is 6.54 Å². The van der Waals surface area contributed by atoms with Crippen LogP contribution < -0.4 is 9.80 Å². The molecule has 0 spiro atoms. The molecule has 0 radical (unpaired) electrons. The van der Waals surface area contributed by atoms with Crippen LogP contribution in [0.2, 0.25) is 0 Å². The Hall–Kier alpha value is -0.800. The molecule has 2 heterocycles. The van der Waals surface area contributed by atoms with Crippen LogP contribution in [0.4, 0.5) is 0 Å². The van der Waals surface area contributed by atoms with E-state index in [0.717, 1.165) is 12.3 Å². The van der Waals surface area contributed by atoms with Crippen LogP contribution in [-0.4, -0.2) is 33.2 Å². The zero-order valence-corrected chi connectivity index (χ0v) is 8.88. The molecule has 0 saturated carbocycles. The summed E-state index contributed by atoms with van der Waals surface area (Å²) in [6.45, 7) is 6.22. The zero-order valence-electron chi connectivity index (χ0n) is 8.88. The van der Waals surface area contributed by atoms with Crippen molar-refractivity contribution in [3.8, 4) is 0 Å². The number of hydrogen-bond acceptors (Lipinski definition) is 1. The molecule has 1 saturated heterocycles. The number of quaternary nitrogens is 2. The maximum Gasteiger partial charge on any atom is 0.157 e. The molecule has 3 heteroatoms. The Labute approximate surface area is 85.3 Å². The van der Waals surface area contributed by atoms with E-state index in [4.69, 9.17) is 4.42 Å². The van der Waals surface area contributed by atoms with Crippen molar-refractivity contribution in [2.24, 2.45) is 0 Å². The molecule has 2 N–H and O–H groups in total. The van der Waals surface area contributed by atoms with Gasteiger partial charge in [0.15, 0.2) is 5.76 Å². The van der Waals surface area contributed by atoms with Crippen molar-refractivity contribution in [1.29, 1.82) is 0 Å². The first-order valence-electron chi connectivity index (χ1n) is 5.52. The average Bonchev–Trinajstić information content (AvgIpc) is 2.58. The zero-order chi connectivity index (χ0) is 9.80. The summed E-state index contributed by atoms with van der Waals surface area (Å²) >= 11 is 0. The molecule has 14 heavy (non-hydrogen) atoms. The first-order valence-corrected chi connectivity index (χ1v) is 5.52. The van der Waals surface area contributed by atoms with Gasteiger partial charge < -0.3 is 14.2 Å². The van der Waals surface area contributed by atoms with Gasteiger partial charge in [-0.3, -0.25) is 0 Å². The third-order valence-electron chi connectivity index (χ3n) is 3.04. The van der Waals surface area contributed by atoms with E-state index in [1.807, 2.05) is 6.07 Å². The Balaban J connectivity index is 1.86. The predicted molar refractivity (Wildman–Crippen MR) is 54.3 cm³/mol. The molecule has 0 aromatic carbocycles. The lowest BCUT2D eigenvalue weighted by atomic mass is 10.3. The largest absolute Gasteiger partial charge is 0.463 e. The second kappa shape index (κ2) is 4.62. The second-order valence-corrected chi connectivity index (χ2v) is 4.32. The molecular weight excluding hydrogens is 176 g/mol. The molecule has 0 aliphatic carbocycles. The van der Waals surface area contributed by atoms with Crippen LogP contribution in [0.25, 0.3) is 0 Å². The fourth-order valence-corrected chi connectivity index (χ4v) is 2.12. The summed E-state index contributed by atoms with van der Waals surface area (Å²) in [5, 5.41) is 0. The highest BCUT2D eigenvalue weighted by Gasteiger charge is 2.18. The number of furan rings is 1. The topological polar surface area (TPSA) is 22.0 Å². The summed E-state index contributed by atoms with van der Waals surface area (Å²) in [4.78, 5) is 3.33. The fourth-order valence-electron chi connectivity index (χ4n) is 2.12. The summed E-state index contributed by atoms with van der Waals surface area (Å²) in [5.41, 5.74) is 0. The third kappa shape index (κ3) is 2.59. The molecule has 3 nitrogen and oxygen atoms in total. The fraction of sp³-hybridized carbons (Fsp3) is 0.636. The van der Waals surface area contributed by atoms with Crippen molar-refractivity contribution >= 4 is 0 Å². The molecule has 1 aromatic heterocycles. The van der Waals surface area contributed by atoms with E-state index in [1.54, 1.807) is 16.1 Å². The molecular formula is C11H20N2O+2. The van der Waals surface area contributed by atoms with E-state index in [1.165, 1.54) is 32.6 Å². The SMILES string of the molecule is C[NH+]1CCC[NH+](Cc2ccco2)CC1. The number of likely N-dealkylation sites (N-methyl/N-ethyl adjacent to an activating group) is 1. The summed E-state index contributed by atoms with van der Waals surface area (Å²) < 4.78 is 5.38. The van der Waals surface area contributed by atoms with E-state index < -0.39 is 0 Å². The Morgan fingerprint density at radius 3 is 3.00 bits per heavy atom. The first kappa shape index (κ1) is 9.74. The van der Waals surface area contributed by atoms with Crippen molar-refractivity contribution in [2.75, 3.05) is 33.2 Å². The van der Waals surface area contributed by atoms with Gasteiger partial charge in [-0.2, -0.15) is 0 Å². The van der Waals surface area contributed by atoms with Crippen LogP contribution in [0.15, 0.2) is 22.8 Å². The molecule has 0 amide bonds. The highest BCUT2D eigenvalue weighted by molar-refractivity contribution is 4.95. The highest BCUT2D eigenvalue weighted by Crippen LogP contribution is 1.96. The number of rotatable bonds is 2. The van der Waals surface area contributed by atoms with Crippen molar-refractivity contribution in [3.05, 3.63) is 24.2 Å². The Bertz CT molecular complexity index is 258. The van der Waals surface area contributed by atoms with Crippen molar-refractivity contribution in [1.82, 2.24) is 0 Å². The normalized spacial score (nSPS) is 28.6. The molecule has 1 fully saturated rings. The van der Waals surface area contributed by atoms with E-state index in [-0.39, 0.29) is 0 Å². The van der Waals surface area contributed by atoms with Gasteiger partial charge in [0.2, 0.25) is 0 Å².